The summed E-state index contributed by atoms with van der Waals surface area (Å²) in [6.45, 7) is 8.31. The normalized spacial score (nSPS) is 18.0. The van der Waals surface area contributed by atoms with Gasteiger partial charge >= 0.3 is 0 Å². The predicted molar refractivity (Wildman–Crippen MR) is 146 cm³/mol. The Bertz CT molecular complexity index is 1190. The number of ether oxygens (including phenoxy) is 1. The third-order valence-electron chi connectivity index (χ3n) is 7.19. The van der Waals surface area contributed by atoms with Gasteiger partial charge in [0.1, 0.15) is 11.3 Å². The lowest BCUT2D eigenvalue weighted by Crippen LogP contribution is -2.47. The first kappa shape index (κ1) is 25.0. The van der Waals surface area contributed by atoms with Crippen LogP contribution in [0.4, 0.5) is 11.4 Å². The molecule has 10 heteroatoms. The molecule has 2 fully saturated rings. The SMILES string of the molecule is COCCN1CCN(c2ccc(-c3nc4c(NC5CCN(CC#N)CC5)c(Br)cnc4[nH]3)cc2)CC1. The van der Waals surface area contributed by atoms with Crippen LogP contribution in [-0.2, 0) is 4.74 Å². The van der Waals surface area contributed by atoms with Gasteiger partial charge in [0.15, 0.2) is 5.65 Å². The number of rotatable bonds is 8. The molecule has 2 aromatic heterocycles. The summed E-state index contributed by atoms with van der Waals surface area (Å²) in [5.41, 5.74) is 4.88. The molecule has 4 heterocycles. The van der Waals surface area contributed by atoms with Gasteiger partial charge in [-0.1, -0.05) is 0 Å². The number of H-pyrrole nitrogens is 1. The molecule has 0 saturated carbocycles. The van der Waals surface area contributed by atoms with Gasteiger partial charge in [-0.3, -0.25) is 9.80 Å². The van der Waals surface area contributed by atoms with Crippen LogP contribution in [0.15, 0.2) is 34.9 Å². The Hall–Kier alpha value is -2.71. The molecule has 0 atom stereocenters. The van der Waals surface area contributed by atoms with E-state index in [1.54, 1.807) is 7.11 Å². The van der Waals surface area contributed by atoms with Crippen molar-refractivity contribution in [3.8, 4) is 17.5 Å². The molecule has 0 spiro atoms. The summed E-state index contributed by atoms with van der Waals surface area (Å²) in [5, 5.41) is 12.6. The van der Waals surface area contributed by atoms with Gasteiger partial charge in [-0.05, 0) is 53.0 Å². The van der Waals surface area contributed by atoms with Crippen LogP contribution < -0.4 is 10.2 Å². The number of nitrogens with zero attached hydrogens (tertiary/aromatic N) is 6. The maximum absolute atomic E-state index is 8.95. The van der Waals surface area contributed by atoms with E-state index in [0.717, 1.165) is 98.0 Å². The molecule has 2 aliphatic rings. The third-order valence-corrected chi connectivity index (χ3v) is 7.79. The number of piperidine rings is 1. The molecule has 2 N–H and O–H groups in total. The zero-order valence-electron chi connectivity index (χ0n) is 20.7. The van der Waals surface area contributed by atoms with E-state index < -0.39 is 0 Å². The molecule has 9 nitrogen and oxygen atoms in total. The van der Waals surface area contributed by atoms with Gasteiger partial charge < -0.3 is 19.9 Å². The lowest BCUT2D eigenvalue weighted by atomic mass is 10.0. The quantitative estimate of drug-likeness (QED) is 0.409. The summed E-state index contributed by atoms with van der Waals surface area (Å²) in [7, 11) is 1.76. The van der Waals surface area contributed by atoms with Crippen LogP contribution in [0.3, 0.4) is 0 Å². The smallest absolute Gasteiger partial charge is 0.159 e. The molecule has 190 valence electrons. The summed E-state index contributed by atoms with van der Waals surface area (Å²) >= 11 is 3.67. The molecule has 36 heavy (non-hydrogen) atoms. The lowest BCUT2D eigenvalue weighted by molar-refractivity contribution is 0.144. The van der Waals surface area contributed by atoms with Crippen LogP contribution in [0, 0.1) is 11.3 Å². The van der Waals surface area contributed by atoms with Crippen molar-refractivity contribution >= 4 is 38.5 Å². The number of aromatic amines is 1. The van der Waals surface area contributed by atoms with Gasteiger partial charge in [-0.25, -0.2) is 9.97 Å². The Balaban J connectivity index is 1.27. The van der Waals surface area contributed by atoms with Crippen molar-refractivity contribution in [3.05, 3.63) is 34.9 Å². The van der Waals surface area contributed by atoms with E-state index in [2.05, 4.69) is 76.2 Å². The van der Waals surface area contributed by atoms with Crippen molar-refractivity contribution < 1.29 is 4.74 Å². The second-order valence-corrected chi connectivity index (χ2v) is 10.3. The topological polar surface area (TPSA) is 96.3 Å². The fraction of sp³-hybridized carbons (Fsp3) is 0.500. The molecule has 2 aliphatic heterocycles. The second-order valence-electron chi connectivity index (χ2n) is 9.48. The van der Waals surface area contributed by atoms with Crippen molar-refractivity contribution in [3.63, 3.8) is 0 Å². The molecule has 5 rings (SSSR count). The van der Waals surface area contributed by atoms with Gasteiger partial charge in [0.05, 0.1) is 29.4 Å². The Morgan fingerprint density at radius 2 is 1.86 bits per heavy atom. The number of anilines is 2. The summed E-state index contributed by atoms with van der Waals surface area (Å²) in [6.07, 6.45) is 3.82. The zero-order chi connectivity index (χ0) is 24.9. The van der Waals surface area contributed by atoms with Crippen LogP contribution in [0.25, 0.3) is 22.6 Å². The molecule has 1 aromatic carbocycles. The first-order valence-electron chi connectivity index (χ1n) is 12.6. The van der Waals surface area contributed by atoms with Crippen molar-refractivity contribution in [2.75, 3.05) is 76.3 Å². The number of hydrogen-bond acceptors (Lipinski definition) is 8. The van der Waals surface area contributed by atoms with Gasteiger partial charge in [0.25, 0.3) is 0 Å². The number of methoxy groups -OCH3 is 1. The minimum absolute atomic E-state index is 0.344. The van der Waals surface area contributed by atoms with E-state index in [9.17, 15) is 0 Å². The largest absolute Gasteiger partial charge is 0.383 e. The highest BCUT2D eigenvalue weighted by Crippen LogP contribution is 2.33. The van der Waals surface area contributed by atoms with E-state index in [0.29, 0.717) is 12.6 Å². The Morgan fingerprint density at radius 1 is 1.11 bits per heavy atom. The predicted octanol–water partition coefficient (Wildman–Crippen LogP) is 3.56. The number of hydrogen-bond donors (Lipinski definition) is 2. The number of aromatic nitrogens is 3. The van der Waals surface area contributed by atoms with E-state index in [1.807, 2.05) is 6.20 Å². The molecular weight excluding hydrogens is 520 g/mol. The highest BCUT2D eigenvalue weighted by molar-refractivity contribution is 9.10. The summed E-state index contributed by atoms with van der Waals surface area (Å²) < 4.78 is 6.12. The van der Waals surface area contributed by atoms with E-state index in [-0.39, 0.29) is 0 Å². The number of piperazine rings is 1. The monoisotopic (exact) mass is 552 g/mol. The average molecular weight is 554 g/mol. The molecule has 0 aliphatic carbocycles. The van der Waals surface area contributed by atoms with Gasteiger partial charge in [0, 0.05) is 76.4 Å². The van der Waals surface area contributed by atoms with Crippen LogP contribution in [0.2, 0.25) is 0 Å². The van der Waals surface area contributed by atoms with Crippen LogP contribution in [0.1, 0.15) is 12.8 Å². The fourth-order valence-electron chi connectivity index (χ4n) is 5.02. The highest BCUT2D eigenvalue weighted by Gasteiger charge is 2.22. The number of likely N-dealkylation sites (tertiary alicyclic amines) is 1. The maximum atomic E-state index is 8.95. The summed E-state index contributed by atoms with van der Waals surface area (Å²) in [6, 6.07) is 11.2. The molecule has 3 aromatic rings. The van der Waals surface area contributed by atoms with Gasteiger partial charge in [0.2, 0.25) is 0 Å². The van der Waals surface area contributed by atoms with Crippen molar-refractivity contribution in [1.29, 1.82) is 5.26 Å². The van der Waals surface area contributed by atoms with Crippen LogP contribution >= 0.6 is 15.9 Å². The van der Waals surface area contributed by atoms with Crippen molar-refractivity contribution in [2.24, 2.45) is 0 Å². The van der Waals surface area contributed by atoms with Crippen molar-refractivity contribution in [2.45, 2.75) is 18.9 Å². The molecule has 0 unspecified atom stereocenters. The minimum Gasteiger partial charge on any atom is -0.383 e. The molecular formula is C26H33BrN8O. The fourth-order valence-corrected chi connectivity index (χ4v) is 5.43. The molecule has 0 amide bonds. The number of nitrogens with one attached hydrogen (secondary N) is 2. The minimum atomic E-state index is 0.344. The number of nitriles is 1. The van der Waals surface area contributed by atoms with Crippen LogP contribution in [0.5, 0.6) is 0 Å². The molecule has 2 saturated heterocycles. The Morgan fingerprint density at radius 3 is 2.56 bits per heavy atom. The third kappa shape index (κ3) is 5.65. The average Bonchev–Trinajstić information content (AvgIpc) is 3.35. The Kier molecular flexibility index (Phi) is 8.02. The number of fused-ring (bicyclic) bond motifs is 1. The highest BCUT2D eigenvalue weighted by atomic mass is 79.9. The standard InChI is InChI=1S/C26H33BrN8O/c1-36-17-16-34-12-14-35(15-13-34)21-4-2-19(3-5-21)25-31-24-23(22(27)18-29-26(24)32-25)30-20-6-9-33(10-7-20)11-8-28/h2-5,18,20H,6-7,9-17H2,1H3,(H2,29,30,31,32). The lowest BCUT2D eigenvalue weighted by Gasteiger charge is -2.36. The first-order valence-corrected chi connectivity index (χ1v) is 13.4. The number of pyridine rings is 1. The molecule has 0 radical (unpaired) electrons. The van der Waals surface area contributed by atoms with Crippen LogP contribution in [-0.4, -0.2) is 96.9 Å². The zero-order valence-corrected chi connectivity index (χ0v) is 22.3. The number of benzene rings is 1. The summed E-state index contributed by atoms with van der Waals surface area (Å²) in [5.74, 6) is 0.818. The van der Waals surface area contributed by atoms with E-state index in [4.69, 9.17) is 15.0 Å². The molecule has 0 bridgehead atoms. The Labute approximate surface area is 220 Å². The van der Waals surface area contributed by atoms with Gasteiger partial charge in [-0.15, -0.1) is 0 Å². The van der Waals surface area contributed by atoms with E-state index in [1.165, 1.54) is 5.69 Å². The number of imidazole rings is 1. The summed E-state index contributed by atoms with van der Waals surface area (Å²) in [4.78, 5) is 20.0. The second kappa shape index (κ2) is 11.6. The number of halogens is 1. The van der Waals surface area contributed by atoms with Crippen molar-refractivity contribution in [1.82, 2.24) is 24.8 Å². The maximum Gasteiger partial charge on any atom is 0.159 e. The van der Waals surface area contributed by atoms with E-state index >= 15 is 0 Å². The van der Waals surface area contributed by atoms with Gasteiger partial charge in [-0.2, -0.15) is 5.26 Å². The first-order chi connectivity index (χ1) is 17.6.